The number of carbonyl (C=O) groups excluding carboxylic acids is 1. The summed E-state index contributed by atoms with van der Waals surface area (Å²) in [5, 5.41) is 15.3. The van der Waals surface area contributed by atoms with Gasteiger partial charge < -0.3 is 24.2 Å². The van der Waals surface area contributed by atoms with Crippen LogP contribution in [-0.4, -0.2) is 75.5 Å². The summed E-state index contributed by atoms with van der Waals surface area (Å²) in [5.74, 6) is 2.26. The average molecular weight is 561 g/mol. The van der Waals surface area contributed by atoms with Gasteiger partial charge in [0.25, 0.3) is 0 Å². The van der Waals surface area contributed by atoms with E-state index in [1.165, 1.54) is 0 Å². The number of Topliss-reactive ketones (excluding diaryl/α,β-unsaturated/α-hetero) is 1. The molecule has 1 saturated heterocycles. The number of ketones is 1. The Kier molecular flexibility index (Phi) is 14.8. The number of hydrogen-bond acceptors (Lipinski definition) is 7. The van der Waals surface area contributed by atoms with Crippen LogP contribution in [0.4, 0.5) is 0 Å². The van der Waals surface area contributed by atoms with Crippen molar-refractivity contribution in [3.8, 4) is 11.5 Å². The van der Waals surface area contributed by atoms with Gasteiger partial charge in [0.15, 0.2) is 11.5 Å². The first kappa shape index (κ1) is 33.9. The van der Waals surface area contributed by atoms with E-state index in [1.54, 1.807) is 14.2 Å². The fourth-order valence-electron chi connectivity index (χ4n) is 5.72. The maximum Gasteiger partial charge on any atom is 0.161 e. The van der Waals surface area contributed by atoms with Gasteiger partial charge in [-0.15, -0.1) is 0 Å². The molecule has 0 radical (unpaired) electrons. The van der Waals surface area contributed by atoms with Crippen molar-refractivity contribution in [2.75, 3.05) is 47.6 Å². The summed E-state index contributed by atoms with van der Waals surface area (Å²) in [6, 6.07) is 5.35. The summed E-state index contributed by atoms with van der Waals surface area (Å²) >= 11 is 0. The minimum absolute atomic E-state index is 0.107. The summed E-state index contributed by atoms with van der Waals surface area (Å²) in [5.41, 5.74) is 10.4. The van der Waals surface area contributed by atoms with Crippen LogP contribution in [0.1, 0.15) is 65.4 Å². The topological polar surface area (TPSA) is 117 Å². The number of ether oxygens (including phenoxy) is 3. The minimum Gasteiger partial charge on any atom is -0.493 e. The molecule has 2 rings (SSSR count). The van der Waals surface area contributed by atoms with Crippen LogP contribution >= 0.6 is 0 Å². The second-order valence-electron chi connectivity index (χ2n) is 12.1. The third-order valence-electron chi connectivity index (χ3n) is 8.30. The lowest BCUT2D eigenvalue weighted by Crippen LogP contribution is -2.34. The number of hydrogen-bond donors (Lipinski definition) is 1. The van der Waals surface area contributed by atoms with Gasteiger partial charge in [-0.2, -0.15) is 0 Å². The highest BCUT2D eigenvalue weighted by Gasteiger charge is 2.33. The van der Waals surface area contributed by atoms with Crippen LogP contribution in [0.3, 0.4) is 0 Å². The van der Waals surface area contributed by atoms with Gasteiger partial charge in [-0.25, -0.2) is 0 Å². The van der Waals surface area contributed by atoms with E-state index in [2.05, 4.69) is 35.8 Å². The van der Waals surface area contributed by atoms with E-state index in [9.17, 15) is 15.4 Å². The van der Waals surface area contributed by atoms with E-state index < -0.39 is 12.1 Å². The quantitative estimate of drug-likeness (QED) is 0.0970. The van der Waals surface area contributed by atoms with Crippen molar-refractivity contribution in [3.05, 3.63) is 34.2 Å². The normalized spacial score (nSPS) is 18.8. The SMILES string of the molecule is COCCCOc1cc(C[C@@H](C[C@H](N=[N+]=[N-])[C@@H](O)C[C@H](C(=O)C[C@@H]2CCN(C)C2)C(C)C)C(C)C)ccc1OC. The number of carbonyl (C=O) groups is 1. The summed E-state index contributed by atoms with van der Waals surface area (Å²) in [6.45, 7) is 11.5. The molecular formula is C31H52N4O5. The molecule has 1 aromatic rings. The second kappa shape index (κ2) is 17.5. The Balaban J connectivity index is 2.12. The Morgan fingerprint density at radius 2 is 1.90 bits per heavy atom. The molecule has 1 aliphatic rings. The van der Waals surface area contributed by atoms with Gasteiger partial charge in [0, 0.05) is 43.9 Å². The molecule has 1 heterocycles. The van der Waals surface area contributed by atoms with Crippen molar-refractivity contribution in [2.24, 2.45) is 34.7 Å². The van der Waals surface area contributed by atoms with Crippen LogP contribution in [0, 0.1) is 29.6 Å². The summed E-state index contributed by atoms with van der Waals surface area (Å²) in [7, 11) is 5.39. The van der Waals surface area contributed by atoms with E-state index in [0.717, 1.165) is 37.9 Å². The molecule has 40 heavy (non-hydrogen) atoms. The zero-order valence-electron chi connectivity index (χ0n) is 25.7. The maximum atomic E-state index is 13.3. The number of rotatable bonds is 19. The molecule has 0 aliphatic carbocycles. The second-order valence-corrected chi connectivity index (χ2v) is 12.1. The molecule has 0 amide bonds. The molecule has 1 aliphatic heterocycles. The Bertz CT molecular complexity index is 950. The number of nitrogens with zero attached hydrogens (tertiary/aromatic N) is 4. The molecule has 1 aromatic carbocycles. The molecule has 0 bridgehead atoms. The minimum atomic E-state index is -0.879. The first-order chi connectivity index (χ1) is 19.1. The standard InChI is InChI=1S/C31H52N4O5/c1-21(2)25(15-23-9-10-30(39-7)31(17-23)40-14-8-13-38-6)18-27(33-34-32)29(37)19-26(22(3)4)28(36)16-24-11-12-35(5)20-24/h9-10,17,21-22,24-27,29,37H,8,11-16,18-20H2,1-7H3/t24-,25-,26-,27-,29-/m0/s1. The van der Waals surface area contributed by atoms with Crippen LogP contribution in [0.15, 0.2) is 23.3 Å². The Morgan fingerprint density at radius 1 is 1.15 bits per heavy atom. The molecule has 0 unspecified atom stereocenters. The van der Waals surface area contributed by atoms with Gasteiger partial charge in [0.1, 0.15) is 5.78 Å². The van der Waals surface area contributed by atoms with E-state index in [0.29, 0.717) is 55.8 Å². The zero-order chi connectivity index (χ0) is 29.7. The van der Waals surface area contributed by atoms with E-state index in [-0.39, 0.29) is 23.5 Å². The number of aliphatic hydroxyl groups excluding tert-OH is 1. The number of aliphatic hydroxyl groups is 1. The highest BCUT2D eigenvalue weighted by Crippen LogP contribution is 2.33. The summed E-state index contributed by atoms with van der Waals surface area (Å²) in [6.07, 6.45) is 3.08. The average Bonchev–Trinajstić information content (AvgIpc) is 3.32. The first-order valence-corrected chi connectivity index (χ1v) is 14.8. The molecule has 1 N–H and O–H groups in total. The van der Waals surface area contributed by atoms with Crippen LogP contribution in [0.5, 0.6) is 11.5 Å². The maximum absolute atomic E-state index is 13.3. The molecular weight excluding hydrogens is 508 g/mol. The van der Waals surface area contributed by atoms with Crippen molar-refractivity contribution in [3.63, 3.8) is 0 Å². The molecule has 226 valence electrons. The van der Waals surface area contributed by atoms with Crippen LogP contribution in [0.25, 0.3) is 10.4 Å². The van der Waals surface area contributed by atoms with Crippen molar-refractivity contribution < 1.29 is 24.1 Å². The number of likely N-dealkylation sites (tertiary alicyclic amines) is 1. The largest absolute Gasteiger partial charge is 0.493 e. The fraction of sp³-hybridized carbons (Fsp3) is 0.774. The van der Waals surface area contributed by atoms with Gasteiger partial charge >= 0.3 is 0 Å². The lowest BCUT2D eigenvalue weighted by molar-refractivity contribution is -0.126. The number of methoxy groups -OCH3 is 2. The van der Waals surface area contributed by atoms with Gasteiger partial charge in [-0.05, 0) is 86.2 Å². The predicted molar refractivity (Wildman–Crippen MR) is 159 cm³/mol. The van der Waals surface area contributed by atoms with Crippen LogP contribution < -0.4 is 9.47 Å². The number of benzene rings is 1. The Hall–Kier alpha value is -2.32. The predicted octanol–water partition coefficient (Wildman–Crippen LogP) is 5.93. The smallest absolute Gasteiger partial charge is 0.161 e. The highest BCUT2D eigenvalue weighted by atomic mass is 16.5. The summed E-state index contributed by atoms with van der Waals surface area (Å²) < 4.78 is 16.6. The molecule has 0 spiro atoms. The van der Waals surface area contributed by atoms with E-state index in [1.807, 2.05) is 32.0 Å². The third-order valence-corrected chi connectivity index (χ3v) is 8.30. The lowest BCUT2D eigenvalue weighted by Gasteiger charge is -2.30. The van der Waals surface area contributed by atoms with Crippen molar-refractivity contribution in [1.82, 2.24) is 4.90 Å². The molecule has 0 saturated carbocycles. The van der Waals surface area contributed by atoms with Crippen molar-refractivity contribution >= 4 is 5.78 Å². The lowest BCUT2D eigenvalue weighted by atomic mass is 9.79. The molecule has 9 heteroatoms. The van der Waals surface area contributed by atoms with Crippen molar-refractivity contribution in [1.29, 1.82) is 0 Å². The highest BCUT2D eigenvalue weighted by molar-refractivity contribution is 5.81. The van der Waals surface area contributed by atoms with Gasteiger partial charge in [0.2, 0.25) is 0 Å². The Morgan fingerprint density at radius 3 is 2.48 bits per heavy atom. The molecule has 0 aromatic heterocycles. The number of azide groups is 1. The molecule has 5 atom stereocenters. The molecule has 1 fully saturated rings. The summed E-state index contributed by atoms with van der Waals surface area (Å²) in [4.78, 5) is 18.6. The fourth-order valence-corrected chi connectivity index (χ4v) is 5.72. The molecule has 9 nitrogen and oxygen atoms in total. The van der Waals surface area contributed by atoms with Crippen molar-refractivity contribution in [2.45, 2.75) is 78.4 Å². The Labute approximate surface area is 241 Å². The zero-order valence-corrected chi connectivity index (χ0v) is 25.7. The van der Waals surface area contributed by atoms with Gasteiger partial charge in [0.05, 0.1) is 25.9 Å². The monoisotopic (exact) mass is 560 g/mol. The first-order valence-electron chi connectivity index (χ1n) is 14.8. The van der Waals surface area contributed by atoms with Gasteiger partial charge in [-0.3, -0.25) is 4.79 Å². The van der Waals surface area contributed by atoms with Gasteiger partial charge in [-0.1, -0.05) is 38.9 Å². The van der Waals surface area contributed by atoms with Crippen LogP contribution in [-0.2, 0) is 16.0 Å². The van der Waals surface area contributed by atoms with E-state index in [4.69, 9.17) is 14.2 Å². The van der Waals surface area contributed by atoms with Crippen LogP contribution in [0.2, 0.25) is 0 Å². The van der Waals surface area contributed by atoms with E-state index >= 15 is 0 Å². The third kappa shape index (κ3) is 10.9.